The molecule has 0 radical (unpaired) electrons. The second-order valence-corrected chi connectivity index (χ2v) is 5.62. The Morgan fingerprint density at radius 2 is 2.33 bits per heavy atom. The van der Waals surface area contributed by atoms with Crippen molar-refractivity contribution >= 4 is 35.1 Å². The number of nitrogens with zero attached hydrogens (tertiary/aromatic N) is 1. The largest absolute Gasteiger partial charge is 0.479 e. The molecule has 18 heavy (non-hydrogen) atoms. The molecule has 1 heterocycles. The molecule has 2 N–H and O–H groups in total. The Morgan fingerprint density at radius 3 is 2.83 bits per heavy atom. The van der Waals surface area contributed by atoms with E-state index in [0.29, 0.717) is 11.4 Å². The van der Waals surface area contributed by atoms with E-state index in [0.717, 1.165) is 5.75 Å². The standard InChI is InChI=1S/C11H16N2O3S2/c1-13(5-7-17-2)11(16)12-9(10(14)15)8-4-3-6-18-8/h3-4,6,9H,5,7H2,1-2H3,(H,12,16)(H,14,15). The first-order valence-electron chi connectivity index (χ1n) is 5.33. The molecular formula is C11H16N2O3S2. The smallest absolute Gasteiger partial charge is 0.331 e. The van der Waals surface area contributed by atoms with Gasteiger partial charge in [0.15, 0.2) is 6.04 Å². The van der Waals surface area contributed by atoms with E-state index in [9.17, 15) is 9.59 Å². The number of hydrogen-bond donors (Lipinski definition) is 2. The van der Waals surface area contributed by atoms with Crippen molar-refractivity contribution in [1.29, 1.82) is 0 Å². The highest BCUT2D eigenvalue weighted by Crippen LogP contribution is 2.19. The minimum absolute atomic E-state index is 0.371. The van der Waals surface area contributed by atoms with Crippen LogP contribution in [0.1, 0.15) is 10.9 Å². The van der Waals surface area contributed by atoms with Crippen LogP contribution in [0.5, 0.6) is 0 Å². The van der Waals surface area contributed by atoms with Gasteiger partial charge in [-0.25, -0.2) is 9.59 Å². The topological polar surface area (TPSA) is 69.6 Å². The van der Waals surface area contributed by atoms with Crippen molar-refractivity contribution in [2.45, 2.75) is 6.04 Å². The fourth-order valence-electron chi connectivity index (χ4n) is 1.27. The molecule has 1 unspecified atom stereocenters. The number of nitrogens with one attached hydrogen (secondary N) is 1. The van der Waals surface area contributed by atoms with Gasteiger partial charge in [-0.2, -0.15) is 11.8 Å². The van der Waals surface area contributed by atoms with Gasteiger partial charge in [0.25, 0.3) is 0 Å². The minimum atomic E-state index is -1.05. The summed E-state index contributed by atoms with van der Waals surface area (Å²) in [7, 11) is 1.65. The maximum atomic E-state index is 11.8. The van der Waals surface area contributed by atoms with Gasteiger partial charge in [-0.1, -0.05) is 6.07 Å². The summed E-state index contributed by atoms with van der Waals surface area (Å²) in [6, 6.07) is 2.12. The van der Waals surface area contributed by atoms with E-state index in [2.05, 4.69) is 5.32 Å². The quantitative estimate of drug-likeness (QED) is 0.838. The third-order valence-corrected chi connectivity index (χ3v) is 3.85. The molecule has 0 fully saturated rings. The Balaban J connectivity index is 2.62. The number of thioether (sulfide) groups is 1. The van der Waals surface area contributed by atoms with Gasteiger partial charge in [-0.3, -0.25) is 0 Å². The lowest BCUT2D eigenvalue weighted by atomic mass is 10.2. The molecule has 5 nitrogen and oxygen atoms in total. The molecule has 0 saturated heterocycles. The second kappa shape index (κ2) is 7.27. The van der Waals surface area contributed by atoms with Crippen molar-refractivity contribution in [3.8, 4) is 0 Å². The van der Waals surface area contributed by atoms with Crippen LogP contribution in [0.4, 0.5) is 4.79 Å². The zero-order chi connectivity index (χ0) is 13.5. The second-order valence-electron chi connectivity index (χ2n) is 3.65. The van der Waals surface area contributed by atoms with Crippen LogP contribution >= 0.6 is 23.1 Å². The minimum Gasteiger partial charge on any atom is -0.479 e. The number of hydrogen-bond acceptors (Lipinski definition) is 4. The van der Waals surface area contributed by atoms with Gasteiger partial charge in [0.05, 0.1) is 0 Å². The van der Waals surface area contributed by atoms with E-state index < -0.39 is 12.0 Å². The molecule has 0 aliphatic heterocycles. The SMILES string of the molecule is CSCCN(C)C(=O)NC(C(=O)O)c1cccs1. The highest BCUT2D eigenvalue weighted by atomic mass is 32.2. The van der Waals surface area contributed by atoms with Gasteiger partial charge in [0.2, 0.25) is 0 Å². The third-order valence-electron chi connectivity index (χ3n) is 2.32. The van der Waals surface area contributed by atoms with E-state index in [1.807, 2.05) is 6.26 Å². The number of carbonyl (C=O) groups excluding carboxylic acids is 1. The summed E-state index contributed by atoms with van der Waals surface area (Å²) >= 11 is 2.95. The van der Waals surface area contributed by atoms with Crippen LogP contribution in [0.2, 0.25) is 0 Å². The molecule has 100 valence electrons. The average molecular weight is 288 g/mol. The summed E-state index contributed by atoms with van der Waals surface area (Å²) in [4.78, 5) is 25.1. The van der Waals surface area contributed by atoms with Crippen molar-refractivity contribution in [2.24, 2.45) is 0 Å². The van der Waals surface area contributed by atoms with E-state index in [1.165, 1.54) is 16.2 Å². The van der Waals surface area contributed by atoms with Gasteiger partial charge in [0, 0.05) is 24.2 Å². The van der Waals surface area contributed by atoms with Crippen LogP contribution in [-0.4, -0.2) is 47.6 Å². The molecule has 0 bridgehead atoms. The maximum absolute atomic E-state index is 11.8. The van der Waals surface area contributed by atoms with E-state index in [1.54, 1.807) is 36.3 Å². The molecule has 7 heteroatoms. The molecule has 0 spiro atoms. The molecule has 1 aromatic rings. The zero-order valence-electron chi connectivity index (χ0n) is 10.3. The lowest BCUT2D eigenvalue weighted by Crippen LogP contribution is -2.42. The highest BCUT2D eigenvalue weighted by Gasteiger charge is 2.24. The molecule has 2 amide bonds. The van der Waals surface area contributed by atoms with Crippen LogP contribution in [0.15, 0.2) is 17.5 Å². The summed E-state index contributed by atoms with van der Waals surface area (Å²) in [5.41, 5.74) is 0. The Hall–Kier alpha value is -1.21. The van der Waals surface area contributed by atoms with Crippen molar-refractivity contribution in [1.82, 2.24) is 10.2 Å². The molecule has 1 aromatic heterocycles. The number of thiophene rings is 1. The summed E-state index contributed by atoms with van der Waals surface area (Å²) in [6.45, 7) is 0.587. The van der Waals surface area contributed by atoms with Gasteiger partial charge in [-0.05, 0) is 17.7 Å². The average Bonchev–Trinajstić information content (AvgIpc) is 2.85. The van der Waals surface area contributed by atoms with Crippen LogP contribution < -0.4 is 5.32 Å². The van der Waals surface area contributed by atoms with Crippen molar-refractivity contribution in [3.63, 3.8) is 0 Å². The van der Waals surface area contributed by atoms with Crippen molar-refractivity contribution in [3.05, 3.63) is 22.4 Å². The fraction of sp³-hybridized carbons (Fsp3) is 0.455. The number of rotatable bonds is 6. The van der Waals surface area contributed by atoms with E-state index in [4.69, 9.17) is 5.11 Å². The Kier molecular flexibility index (Phi) is 6.00. The number of carboxylic acids is 1. The maximum Gasteiger partial charge on any atom is 0.331 e. The number of urea groups is 1. The molecule has 0 aliphatic carbocycles. The number of carboxylic acid groups (broad SMARTS) is 1. The predicted molar refractivity (Wildman–Crippen MR) is 74.2 cm³/mol. The molecule has 0 aliphatic rings. The summed E-state index contributed by atoms with van der Waals surface area (Å²) in [6.07, 6.45) is 1.96. The number of amides is 2. The number of aliphatic carboxylic acids is 1. The first-order chi connectivity index (χ1) is 8.56. The Morgan fingerprint density at radius 1 is 1.61 bits per heavy atom. The van der Waals surface area contributed by atoms with Crippen molar-refractivity contribution < 1.29 is 14.7 Å². The van der Waals surface area contributed by atoms with Crippen LogP contribution in [0, 0.1) is 0 Å². The van der Waals surface area contributed by atoms with Crippen molar-refractivity contribution in [2.75, 3.05) is 25.6 Å². The van der Waals surface area contributed by atoms with Gasteiger partial charge >= 0.3 is 12.0 Å². The molecule has 1 atom stereocenters. The van der Waals surface area contributed by atoms with Crippen LogP contribution in [0.25, 0.3) is 0 Å². The first kappa shape index (κ1) is 14.8. The van der Waals surface area contributed by atoms with E-state index >= 15 is 0 Å². The van der Waals surface area contributed by atoms with Gasteiger partial charge in [0.1, 0.15) is 0 Å². The predicted octanol–water partition coefficient (Wildman–Crippen LogP) is 1.88. The first-order valence-corrected chi connectivity index (χ1v) is 7.60. The summed E-state index contributed by atoms with van der Waals surface area (Å²) in [5, 5.41) is 13.4. The van der Waals surface area contributed by atoms with Crippen LogP contribution in [0.3, 0.4) is 0 Å². The monoisotopic (exact) mass is 288 g/mol. The van der Waals surface area contributed by atoms with E-state index in [-0.39, 0.29) is 6.03 Å². The Labute approximate surface area is 114 Å². The van der Waals surface area contributed by atoms with Crippen LogP contribution in [-0.2, 0) is 4.79 Å². The summed E-state index contributed by atoms with van der Waals surface area (Å²) < 4.78 is 0. The molecule has 0 aromatic carbocycles. The zero-order valence-corrected chi connectivity index (χ0v) is 11.9. The molecule has 0 saturated carbocycles. The third kappa shape index (κ3) is 4.23. The molecular weight excluding hydrogens is 272 g/mol. The fourth-order valence-corrected chi connectivity index (χ4v) is 2.50. The van der Waals surface area contributed by atoms with Gasteiger partial charge in [-0.15, -0.1) is 11.3 Å². The highest BCUT2D eigenvalue weighted by molar-refractivity contribution is 7.98. The summed E-state index contributed by atoms with van der Waals surface area (Å²) in [5.74, 6) is -0.232. The normalized spacial score (nSPS) is 11.9. The molecule has 1 rings (SSSR count). The Bertz CT molecular complexity index is 395. The lowest BCUT2D eigenvalue weighted by Gasteiger charge is -2.20. The van der Waals surface area contributed by atoms with Gasteiger partial charge < -0.3 is 15.3 Å². The lowest BCUT2D eigenvalue weighted by molar-refractivity contribution is -0.139. The number of carbonyl (C=O) groups is 2.